The Morgan fingerprint density at radius 3 is 2.61 bits per heavy atom. The zero-order valence-electron chi connectivity index (χ0n) is 13.1. The second-order valence-corrected chi connectivity index (χ2v) is 6.10. The first-order chi connectivity index (χ1) is 11.1. The second-order valence-electron chi connectivity index (χ2n) is 5.66. The number of aromatic nitrogens is 1. The quantitative estimate of drug-likeness (QED) is 0.936. The highest BCUT2D eigenvalue weighted by Crippen LogP contribution is 2.18. The minimum Gasteiger partial charge on any atom is -0.378 e. The van der Waals surface area contributed by atoms with Crippen molar-refractivity contribution in [3.05, 3.63) is 52.8 Å². The summed E-state index contributed by atoms with van der Waals surface area (Å²) in [7, 11) is 1.78. The van der Waals surface area contributed by atoms with Crippen molar-refractivity contribution in [3.8, 4) is 0 Å². The van der Waals surface area contributed by atoms with Gasteiger partial charge < -0.3 is 19.5 Å². The Hall–Kier alpha value is -1.98. The molecule has 1 aromatic carbocycles. The van der Waals surface area contributed by atoms with Crippen LogP contribution < -0.4 is 4.90 Å². The molecule has 1 aliphatic heterocycles. The lowest BCUT2D eigenvalue weighted by molar-refractivity contribution is 0.0780. The molecule has 2 heterocycles. The fraction of sp³-hybridized carbons (Fsp3) is 0.353. The van der Waals surface area contributed by atoms with Crippen LogP contribution in [0.1, 0.15) is 16.1 Å². The summed E-state index contributed by atoms with van der Waals surface area (Å²) in [6.45, 7) is 3.95. The summed E-state index contributed by atoms with van der Waals surface area (Å²) < 4.78 is 5.37. The number of carbonyl (C=O) groups excluding carboxylic acids is 1. The van der Waals surface area contributed by atoms with Crippen LogP contribution in [0.2, 0.25) is 5.02 Å². The Bertz CT molecular complexity index is 663. The van der Waals surface area contributed by atoms with Gasteiger partial charge in [0.1, 0.15) is 5.69 Å². The van der Waals surface area contributed by atoms with Crippen LogP contribution in [-0.4, -0.2) is 49.1 Å². The lowest BCUT2D eigenvalue weighted by atomic mass is 10.1. The van der Waals surface area contributed by atoms with Gasteiger partial charge in [-0.3, -0.25) is 4.79 Å². The van der Waals surface area contributed by atoms with Gasteiger partial charge in [-0.15, -0.1) is 0 Å². The molecule has 0 bridgehead atoms. The van der Waals surface area contributed by atoms with Gasteiger partial charge in [0.05, 0.1) is 18.2 Å². The molecule has 1 saturated heterocycles. The fourth-order valence-corrected chi connectivity index (χ4v) is 2.84. The summed E-state index contributed by atoms with van der Waals surface area (Å²) in [5.41, 5.74) is 2.79. The number of morpholine rings is 1. The molecule has 0 radical (unpaired) electrons. The number of benzene rings is 1. The Balaban J connectivity index is 1.62. The van der Waals surface area contributed by atoms with Crippen LogP contribution in [0.3, 0.4) is 0 Å². The molecule has 0 unspecified atom stereocenters. The molecule has 0 atom stereocenters. The van der Waals surface area contributed by atoms with Crippen LogP contribution in [0.25, 0.3) is 0 Å². The molecule has 122 valence electrons. The first-order valence-electron chi connectivity index (χ1n) is 7.64. The molecule has 0 saturated carbocycles. The van der Waals surface area contributed by atoms with Crippen molar-refractivity contribution in [2.45, 2.75) is 6.54 Å². The van der Waals surface area contributed by atoms with E-state index < -0.39 is 0 Å². The maximum absolute atomic E-state index is 12.3. The molecular weight excluding hydrogens is 314 g/mol. The van der Waals surface area contributed by atoms with Crippen LogP contribution in [0.15, 0.2) is 36.5 Å². The normalized spacial score (nSPS) is 14.8. The van der Waals surface area contributed by atoms with Crippen molar-refractivity contribution >= 4 is 23.2 Å². The number of aromatic amines is 1. The van der Waals surface area contributed by atoms with E-state index in [0.29, 0.717) is 17.3 Å². The molecule has 1 fully saturated rings. The molecule has 0 aliphatic carbocycles. The molecular formula is C17H20ClN3O2. The number of ether oxygens (including phenoxy) is 1. The van der Waals surface area contributed by atoms with Gasteiger partial charge in [-0.05, 0) is 23.8 Å². The van der Waals surface area contributed by atoms with Crippen molar-refractivity contribution in [1.29, 1.82) is 0 Å². The number of carbonyl (C=O) groups is 1. The van der Waals surface area contributed by atoms with Crippen LogP contribution in [-0.2, 0) is 11.3 Å². The Labute approximate surface area is 140 Å². The van der Waals surface area contributed by atoms with Crippen molar-refractivity contribution in [2.24, 2.45) is 0 Å². The number of rotatable bonds is 4. The highest BCUT2D eigenvalue weighted by atomic mass is 35.5. The molecule has 0 spiro atoms. The van der Waals surface area contributed by atoms with Crippen molar-refractivity contribution in [2.75, 3.05) is 38.3 Å². The van der Waals surface area contributed by atoms with Crippen molar-refractivity contribution < 1.29 is 9.53 Å². The molecule has 2 aromatic rings. The summed E-state index contributed by atoms with van der Waals surface area (Å²) >= 11 is 5.85. The smallest absolute Gasteiger partial charge is 0.270 e. The predicted molar refractivity (Wildman–Crippen MR) is 91.1 cm³/mol. The van der Waals surface area contributed by atoms with E-state index in [4.69, 9.17) is 16.3 Å². The van der Waals surface area contributed by atoms with E-state index in [2.05, 4.69) is 34.1 Å². The third-order valence-corrected chi connectivity index (χ3v) is 4.18. The average molecular weight is 334 g/mol. The molecule has 3 rings (SSSR count). The third-order valence-electron chi connectivity index (χ3n) is 3.96. The summed E-state index contributed by atoms with van der Waals surface area (Å²) in [6, 6.07) is 9.98. The molecule has 1 N–H and O–H groups in total. The SMILES string of the molecule is CN(Cc1ccc(N2CCOCC2)cc1)C(=O)c1cc(Cl)c[nH]1. The zero-order chi connectivity index (χ0) is 16.2. The summed E-state index contributed by atoms with van der Waals surface area (Å²) in [6.07, 6.45) is 1.61. The molecule has 5 nitrogen and oxygen atoms in total. The fourth-order valence-electron chi connectivity index (χ4n) is 2.68. The first-order valence-corrected chi connectivity index (χ1v) is 8.02. The maximum atomic E-state index is 12.3. The largest absolute Gasteiger partial charge is 0.378 e. The van der Waals surface area contributed by atoms with E-state index in [1.165, 1.54) is 5.69 Å². The van der Waals surface area contributed by atoms with E-state index in [-0.39, 0.29) is 5.91 Å². The van der Waals surface area contributed by atoms with Crippen LogP contribution in [0.5, 0.6) is 0 Å². The number of halogens is 1. The van der Waals surface area contributed by atoms with E-state index in [9.17, 15) is 4.79 Å². The molecule has 6 heteroatoms. The molecule has 1 aliphatic rings. The van der Waals surface area contributed by atoms with Crippen LogP contribution in [0, 0.1) is 0 Å². The Morgan fingerprint density at radius 1 is 1.30 bits per heavy atom. The monoisotopic (exact) mass is 333 g/mol. The second kappa shape index (κ2) is 7.06. The van der Waals surface area contributed by atoms with Gasteiger partial charge >= 0.3 is 0 Å². The minimum atomic E-state index is -0.0749. The van der Waals surface area contributed by atoms with Gasteiger partial charge in [-0.2, -0.15) is 0 Å². The van der Waals surface area contributed by atoms with Crippen molar-refractivity contribution in [1.82, 2.24) is 9.88 Å². The number of H-pyrrole nitrogens is 1. The number of anilines is 1. The van der Waals surface area contributed by atoms with Gasteiger partial charge in [0, 0.05) is 38.6 Å². The Morgan fingerprint density at radius 2 is 2.00 bits per heavy atom. The number of nitrogens with one attached hydrogen (secondary N) is 1. The number of hydrogen-bond donors (Lipinski definition) is 1. The number of amides is 1. The van der Waals surface area contributed by atoms with E-state index in [1.807, 2.05) is 0 Å². The Kier molecular flexibility index (Phi) is 4.88. The van der Waals surface area contributed by atoms with E-state index in [0.717, 1.165) is 31.9 Å². The van der Waals surface area contributed by atoms with Gasteiger partial charge in [0.15, 0.2) is 0 Å². The molecule has 1 amide bonds. The predicted octanol–water partition coefficient (Wildman–Crippen LogP) is 2.78. The minimum absolute atomic E-state index is 0.0749. The van der Waals surface area contributed by atoms with Gasteiger partial charge in [0.2, 0.25) is 0 Å². The highest BCUT2D eigenvalue weighted by molar-refractivity contribution is 6.30. The van der Waals surface area contributed by atoms with Crippen molar-refractivity contribution in [3.63, 3.8) is 0 Å². The average Bonchev–Trinajstić information content (AvgIpc) is 3.02. The first kappa shape index (κ1) is 15.9. The molecule has 1 aromatic heterocycles. The van der Waals surface area contributed by atoms with Gasteiger partial charge in [-0.1, -0.05) is 23.7 Å². The summed E-state index contributed by atoms with van der Waals surface area (Å²) in [4.78, 5) is 19.2. The molecule has 23 heavy (non-hydrogen) atoms. The zero-order valence-corrected chi connectivity index (χ0v) is 13.8. The number of nitrogens with zero attached hydrogens (tertiary/aromatic N) is 2. The number of hydrogen-bond acceptors (Lipinski definition) is 3. The van der Waals surface area contributed by atoms with E-state index >= 15 is 0 Å². The highest BCUT2D eigenvalue weighted by Gasteiger charge is 2.15. The van der Waals surface area contributed by atoms with Crippen LogP contribution in [0.4, 0.5) is 5.69 Å². The van der Waals surface area contributed by atoms with Crippen LogP contribution >= 0.6 is 11.6 Å². The summed E-state index contributed by atoms with van der Waals surface area (Å²) in [5, 5.41) is 0.539. The van der Waals surface area contributed by atoms with Gasteiger partial charge in [-0.25, -0.2) is 0 Å². The standard InChI is InChI=1S/C17H20ClN3O2/c1-20(17(22)16-10-14(18)11-19-16)12-13-2-4-15(5-3-13)21-6-8-23-9-7-21/h2-5,10-11,19H,6-9,12H2,1H3. The maximum Gasteiger partial charge on any atom is 0.270 e. The van der Waals surface area contributed by atoms with E-state index in [1.54, 1.807) is 24.2 Å². The topological polar surface area (TPSA) is 48.6 Å². The lowest BCUT2D eigenvalue weighted by Crippen LogP contribution is -2.36. The lowest BCUT2D eigenvalue weighted by Gasteiger charge is -2.29. The third kappa shape index (κ3) is 3.86. The summed E-state index contributed by atoms with van der Waals surface area (Å²) in [5.74, 6) is -0.0749. The van der Waals surface area contributed by atoms with Gasteiger partial charge in [0.25, 0.3) is 5.91 Å².